The second kappa shape index (κ2) is 9.63. The zero-order chi connectivity index (χ0) is 25.5. The topological polar surface area (TPSA) is 82.0 Å². The molecule has 0 bridgehead atoms. The Morgan fingerprint density at radius 3 is 2.37 bits per heavy atom. The average Bonchev–Trinajstić information content (AvgIpc) is 3.39. The lowest BCUT2D eigenvalue weighted by atomic mass is 10.1. The summed E-state index contributed by atoms with van der Waals surface area (Å²) in [5.41, 5.74) is 0.761. The molecule has 1 saturated carbocycles. The molecule has 0 aromatic heterocycles. The summed E-state index contributed by atoms with van der Waals surface area (Å²) in [4.78, 5) is 25.7. The number of alkyl halides is 2. The number of anilines is 2. The van der Waals surface area contributed by atoms with Gasteiger partial charge in [-0.05, 0) is 54.1 Å². The molecule has 1 aliphatic rings. The predicted molar refractivity (Wildman–Crippen MR) is 131 cm³/mol. The van der Waals surface area contributed by atoms with Gasteiger partial charge in [0.05, 0.1) is 32.8 Å². The fourth-order valence-corrected chi connectivity index (χ4v) is 4.90. The molecule has 2 atom stereocenters. The number of nitriles is 1. The molecule has 2 unspecified atom stereocenters. The molecule has 178 valence electrons. The van der Waals surface area contributed by atoms with Gasteiger partial charge < -0.3 is 10.6 Å². The molecule has 0 saturated heterocycles. The molecule has 1 aliphatic carbocycles. The summed E-state index contributed by atoms with van der Waals surface area (Å²) in [6.07, 6.45) is 0. The summed E-state index contributed by atoms with van der Waals surface area (Å²) in [6.45, 7) is 0. The van der Waals surface area contributed by atoms with Crippen LogP contribution in [0.4, 0.5) is 20.2 Å². The highest BCUT2D eigenvalue weighted by Gasteiger charge is 2.67. The van der Waals surface area contributed by atoms with E-state index in [1.54, 1.807) is 6.07 Å². The predicted octanol–water partition coefficient (Wildman–Crippen LogP) is 6.92. The summed E-state index contributed by atoms with van der Waals surface area (Å²) >= 11 is 24.6. The number of carbonyl (C=O) groups excluding carboxylic acids is 2. The first-order valence-electron chi connectivity index (χ1n) is 9.97. The van der Waals surface area contributed by atoms with E-state index in [0.29, 0.717) is 5.56 Å². The number of benzene rings is 3. The molecule has 1 fully saturated rings. The van der Waals surface area contributed by atoms with Crippen molar-refractivity contribution >= 4 is 69.6 Å². The van der Waals surface area contributed by atoms with Gasteiger partial charge in [0.1, 0.15) is 22.0 Å². The Kier molecular flexibility index (Phi) is 6.94. The van der Waals surface area contributed by atoms with Crippen molar-refractivity contribution in [3.8, 4) is 6.07 Å². The summed E-state index contributed by atoms with van der Waals surface area (Å²) in [7, 11) is 0. The summed E-state index contributed by atoms with van der Waals surface area (Å²) in [6, 6.07) is 13.3. The number of hydrogen-bond acceptors (Lipinski definition) is 3. The SMILES string of the molecule is N#Cc1cc(F)ccc1NC(=O)c1cc(NC(=O)C2C(c3ccc(F)c(Cl)c3)C2(Cl)Cl)ccc1Cl. The quantitative estimate of drug-likeness (QED) is 0.336. The maximum atomic E-state index is 13.5. The standard InChI is InChI=1S/C24H13Cl4F2N3O2/c25-16-4-3-14(9-15(16)22(34)33-19-6-2-13(29)7-12(19)10-31)32-23(35)21-20(24(21,27)28)11-1-5-18(30)17(26)8-11/h1-9,20-21H,(H,32,35)(H,33,34). The van der Waals surface area contributed by atoms with Crippen LogP contribution < -0.4 is 10.6 Å². The van der Waals surface area contributed by atoms with E-state index in [1.807, 2.05) is 0 Å². The molecule has 11 heteroatoms. The Hall–Kier alpha value is -2.89. The van der Waals surface area contributed by atoms with E-state index in [2.05, 4.69) is 10.6 Å². The highest BCUT2D eigenvalue weighted by atomic mass is 35.5. The van der Waals surface area contributed by atoms with Crippen LogP contribution >= 0.6 is 46.4 Å². The Morgan fingerprint density at radius 1 is 0.943 bits per heavy atom. The van der Waals surface area contributed by atoms with E-state index in [1.165, 1.54) is 36.4 Å². The van der Waals surface area contributed by atoms with E-state index >= 15 is 0 Å². The van der Waals surface area contributed by atoms with Gasteiger partial charge >= 0.3 is 0 Å². The molecule has 3 aromatic rings. The van der Waals surface area contributed by atoms with Crippen molar-refractivity contribution < 1.29 is 18.4 Å². The third-order valence-electron chi connectivity index (χ3n) is 5.47. The highest BCUT2D eigenvalue weighted by molar-refractivity contribution is 6.53. The number of halogens is 6. The average molecular weight is 555 g/mol. The zero-order valence-corrected chi connectivity index (χ0v) is 20.4. The van der Waals surface area contributed by atoms with Gasteiger partial charge in [-0.2, -0.15) is 5.26 Å². The first-order valence-corrected chi connectivity index (χ1v) is 11.5. The molecule has 35 heavy (non-hydrogen) atoms. The normalized spacial score (nSPS) is 17.9. The number of nitrogens with one attached hydrogen (secondary N) is 2. The van der Waals surface area contributed by atoms with Crippen LogP contribution in [0, 0.1) is 28.9 Å². The smallest absolute Gasteiger partial charge is 0.257 e. The number of nitrogens with zero attached hydrogens (tertiary/aromatic N) is 1. The minimum absolute atomic E-state index is 0.00152. The van der Waals surface area contributed by atoms with E-state index in [-0.39, 0.29) is 32.5 Å². The molecule has 0 aliphatic heterocycles. The van der Waals surface area contributed by atoms with Crippen LogP contribution in [0.25, 0.3) is 0 Å². The highest BCUT2D eigenvalue weighted by Crippen LogP contribution is 2.65. The van der Waals surface area contributed by atoms with Gasteiger partial charge in [0.25, 0.3) is 5.91 Å². The zero-order valence-electron chi connectivity index (χ0n) is 17.4. The van der Waals surface area contributed by atoms with Crippen molar-refractivity contribution in [2.24, 2.45) is 5.92 Å². The third-order valence-corrected chi connectivity index (χ3v) is 7.03. The summed E-state index contributed by atoms with van der Waals surface area (Å²) in [5, 5.41) is 14.3. The molecule has 0 spiro atoms. The molecule has 2 N–H and O–H groups in total. The summed E-state index contributed by atoms with van der Waals surface area (Å²) < 4.78 is 25.4. The third kappa shape index (κ3) is 5.07. The maximum Gasteiger partial charge on any atom is 0.257 e. The monoisotopic (exact) mass is 553 g/mol. The first-order chi connectivity index (χ1) is 16.5. The Balaban J connectivity index is 1.52. The number of carbonyl (C=O) groups is 2. The molecular weight excluding hydrogens is 542 g/mol. The van der Waals surface area contributed by atoms with Gasteiger partial charge in [-0.3, -0.25) is 9.59 Å². The van der Waals surface area contributed by atoms with Gasteiger partial charge in [-0.1, -0.05) is 29.3 Å². The van der Waals surface area contributed by atoms with E-state index < -0.39 is 39.6 Å². The van der Waals surface area contributed by atoms with E-state index in [4.69, 9.17) is 51.7 Å². The van der Waals surface area contributed by atoms with Crippen molar-refractivity contribution in [2.45, 2.75) is 10.3 Å². The van der Waals surface area contributed by atoms with E-state index in [0.717, 1.165) is 18.2 Å². The fraction of sp³-hybridized carbons (Fsp3) is 0.125. The van der Waals surface area contributed by atoms with Crippen LogP contribution in [0.3, 0.4) is 0 Å². The van der Waals surface area contributed by atoms with Crippen molar-refractivity contribution in [1.82, 2.24) is 0 Å². The minimum Gasteiger partial charge on any atom is -0.326 e. The Labute approximate surface area is 218 Å². The van der Waals surface area contributed by atoms with Gasteiger partial charge in [-0.25, -0.2) is 8.78 Å². The van der Waals surface area contributed by atoms with Gasteiger partial charge in [0, 0.05) is 11.6 Å². The molecule has 5 nitrogen and oxygen atoms in total. The minimum atomic E-state index is -1.44. The van der Waals surface area contributed by atoms with Crippen LogP contribution in [0.5, 0.6) is 0 Å². The van der Waals surface area contributed by atoms with Crippen molar-refractivity contribution in [2.75, 3.05) is 10.6 Å². The maximum absolute atomic E-state index is 13.5. The lowest BCUT2D eigenvalue weighted by Crippen LogP contribution is -2.18. The lowest BCUT2D eigenvalue weighted by molar-refractivity contribution is -0.117. The first kappa shape index (κ1) is 25.2. The molecule has 0 radical (unpaired) electrons. The fourth-order valence-electron chi connectivity index (χ4n) is 3.68. The Morgan fingerprint density at radius 2 is 1.69 bits per heavy atom. The van der Waals surface area contributed by atoms with Crippen LogP contribution in [0.1, 0.15) is 27.4 Å². The number of hydrogen-bond donors (Lipinski definition) is 2. The largest absolute Gasteiger partial charge is 0.326 e. The van der Waals surface area contributed by atoms with Crippen molar-refractivity contribution in [3.63, 3.8) is 0 Å². The van der Waals surface area contributed by atoms with Gasteiger partial charge in [-0.15, -0.1) is 23.2 Å². The molecule has 3 aromatic carbocycles. The number of amides is 2. The van der Waals surface area contributed by atoms with Crippen LogP contribution in [0.15, 0.2) is 54.6 Å². The van der Waals surface area contributed by atoms with Crippen molar-refractivity contribution in [3.05, 3.63) is 93.0 Å². The summed E-state index contributed by atoms with van der Waals surface area (Å²) in [5.74, 6) is -3.93. The second-order valence-electron chi connectivity index (χ2n) is 7.74. The van der Waals surface area contributed by atoms with Crippen LogP contribution in [-0.2, 0) is 4.79 Å². The van der Waals surface area contributed by atoms with Gasteiger partial charge in [0.15, 0.2) is 0 Å². The lowest BCUT2D eigenvalue weighted by Gasteiger charge is -2.11. The van der Waals surface area contributed by atoms with Crippen molar-refractivity contribution in [1.29, 1.82) is 5.26 Å². The van der Waals surface area contributed by atoms with Gasteiger partial charge in [0.2, 0.25) is 5.91 Å². The van der Waals surface area contributed by atoms with E-state index in [9.17, 15) is 18.4 Å². The van der Waals surface area contributed by atoms with Crippen LogP contribution in [0.2, 0.25) is 10.0 Å². The molecule has 4 rings (SSSR count). The Bertz CT molecular complexity index is 1410. The molecule has 2 amide bonds. The van der Waals surface area contributed by atoms with Crippen LogP contribution in [-0.4, -0.2) is 16.1 Å². The molecule has 0 heterocycles. The second-order valence-corrected chi connectivity index (χ2v) is 10.0. The number of rotatable bonds is 5. The molecular formula is C24H13Cl4F2N3O2.